The van der Waals surface area contributed by atoms with Crippen LogP contribution >= 0.6 is 0 Å². The summed E-state index contributed by atoms with van der Waals surface area (Å²) >= 11 is 0. The molecule has 0 aromatic carbocycles. The van der Waals surface area contributed by atoms with Crippen molar-refractivity contribution in [3.8, 4) is 0 Å². The number of hydrogen-bond acceptors (Lipinski definition) is 14. The van der Waals surface area contributed by atoms with Gasteiger partial charge in [-0.1, -0.05) is 71.1 Å². The first kappa shape index (κ1) is 59.2. The lowest BCUT2D eigenvalue weighted by atomic mass is 9.78. The van der Waals surface area contributed by atoms with Gasteiger partial charge in [0.05, 0.1) is 43.7 Å². The fourth-order valence-corrected chi connectivity index (χ4v) is 10.7. The first-order chi connectivity index (χ1) is 33.1. The number of methoxy groups -OCH3 is 2. The molecule has 0 radical (unpaired) electrons. The van der Waals surface area contributed by atoms with Crippen molar-refractivity contribution < 1.29 is 67.7 Å². The molecule has 1 aliphatic carbocycles. The van der Waals surface area contributed by atoms with Crippen molar-refractivity contribution in [2.75, 3.05) is 34.0 Å². The van der Waals surface area contributed by atoms with Crippen LogP contribution in [0.3, 0.4) is 0 Å². The average Bonchev–Trinajstić information content (AvgIpc) is 3.32. The zero-order chi connectivity index (χ0) is 51.9. The molecule has 3 fully saturated rings. The van der Waals surface area contributed by atoms with Crippen LogP contribution in [-0.4, -0.2) is 144 Å². The van der Waals surface area contributed by atoms with E-state index >= 15 is 0 Å². The Morgan fingerprint density at radius 3 is 2.26 bits per heavy atom. The number of aliphatic hydroxyl groups is 3. The Labute approximate surface area is 417 Å². The summed E-state index contributed by atoms with van der Waals surface area (Å²) in [6.07, 6.45) is 11.9. The lowest BCUT2D eigenvalue weighted by Crippen LogP contribution is -2.61. The van der Waals surface area contributed by atoms with Gasteiger partial charge >= 0.3 is 5.97 Å². The molecule has 2 unspecified atom stereocenters. The summed E-state index contributed by atoms with van der Waals surface area (Å²) in [5.74, 6) is -7.99. The molecule has 0 spiro atoms. The van der Waals surface area contributed by atoms with Crippen LogP contribution in [0.25, 0.3) is 0 Å². The number of fused-ring (bicyclic) bond motifs is 3. The molecule has 70 heavy (non-hydrogen) atoms. The number of carbonyl (C=O) groups excluding carboxylic acids is 5. The average molecular weight is 986 g/mol. The number of piperidine rings is 1. The van der Waals surface area contributed by atoms with E-state index in [0.717, 1.165) is 12.0 Å². The van der Waals surface area contributed by atoms with Gasteiger partial charge in [-0.2, -0.15) is 0 Å². The number of Topliss-reactive ketones (excluding diaryl/α,β-unsaturated/α-hetero) is 3. The fraction of sp³-hybridized carbons (Fsp3) is 0.764. The normalized spacial score (nSPS) is 38.5. The summed E-state index contributed by atoms with van der Waals surface area (Å²) < 4.78 is 36.2. The van der Waals surface area contributed by atoms with Gasteiger partial charge in [0.15, 0.2) is 5.78 Å². The maximum absolute atomic E-state index is 14.5. The zero-order valence-corrected chi connectivity index (χ0v) is 44.0. The van der Waals surface area contributed by atoms with E-state index in [1.807, 2.05) is 71.9 Å². The predicted molar refractivity (Wildman–Crippen MR) is 265 cm³/mol. The molecule has 0 aromatic heterocycles. The van der Waals surface area contributed by atoms with Gasteiger partial charge < -0.3 is 48.6 Å². The van der Waals surface area contributed by atoms with E-state index in [4.69, 9.17) is 28.4 Å². The van der Waals surface area contributed by atoms with E-state index in [1.165, 1.54) is 12.0 Å². The van der Waals surface area contributed by atoms with E-state index < -0.39 is 77.8 Å². The van der Waals surface area contributed by atoms with Gasteiger partial charge in [0.2, 0.25) is 5.79 Å². The summed E-state index contributed by atoms with van der Waals surface area (Å²) in [5, 5.41) is 32.9. The minimum Gasteiger partial charge on any atom is -0.460 e. The molecule has 1 amide bonds. The molecule has 1 saturated carbocycles. The maximum atomic E-state index is 14.5. The Morgan fingerprint density at radius 2 is 1.59 bits per heavy atom. The molecule has 4 aliphatic rings. The fourth-order valence-electron chi connectivity index (χ4n) is 10.7. The zero-order valence-electron chi connectivity index (χ0n) is 44.0. The summed E-state index contributed by atoms with van der Waals surface area (Å²) in [5.41, 5.74) is 1.28. The number of carbonyl (C=O) groups is 5. The van der Waals surface area contributed by atoms with E-state index in [9.17, 15) is 39.3 Å². The number of hydrogen-bond donors (Lipinski definition) is 3. The number of allylic oxidation sites excluding steroid dienone is 6. The molecule has 15 heteroatoms. The highest BCUT2D eigenvalue weighted by Gasteiger charge is 2.53. The number of amides is 1. The van der Waals surface area contributed by atoms with Crippen molar-refractivity contribution in [2.24, 2.45) is 35.5 Å². The SMILES string of the molecule is CO[C@@H]1CC(C[C@@H](C)C2CC(=O)[C@H](C)/C=C(\C)[C@@H](O)[C@@H](OC)C(=O)[C@H](C)C[C@H](C)/C=C/C=C/C=C(\C)[C@H](OC(C)C)C[C@@H]3CC[C@@H](C)[C@@](O)(O3)C(=O)C(=O)N3CCCC[C@H]3C(=O)O2)CC[C@H]1OCCO. The van der Waals surface area contributed by atoms with Crippen LogP contribution in [0.4, 0.5) is 0 Å². The molecule has 15 atom stereocenters. The van der Waals surface area contributed by atoms with Gasteiger partial charge in [-0.05, 0) is 121 Å². The van der Waals surface area contributed by atoms with Crippen LogP contribution in [0.5, 0.6) is 0 Å². The Balaban J connectivity index is 1.71. The molecule has 2 bridgehead atoms. The third-order valence-electron chi connectivity index (χ3n) is 15.0. The number of ketones is 3. The number of ether oxygens (including phenoxy) is 6. The molecule has 396 valence electrons. The van der Waals surface area contributed by atoms with Crippen LogP contribution < -0.4 is 0 Å². The Hall–Kier alpha value is -3.41. The van der Waals surface area contributed by atoms with E-state index in [-0.39, 0.29) is 80.2 Å². The van der Waals surface area contributed by atoms with Gasteiger partial charge in [0.1, 0.15) is 30.1 Å². The van der Waals surface area contributed by atoms with Crippen LogP contribution in [0.2, 0.25) is 0 Å². The molecule has 15 nitrogen and oxygen atoms in total. The van der Waals surface area contributed by atoms with Gasteiger partial charge in [-0.15, -0.1) is 0 Å². The molecular formula is C55H87NO14. The highest BCUT2D eigenvalue weighted by atomic mass is 16.6. The van der Waals surface area contributed by atoms with Gasteiger partial charge in [0, 0.05) is 51.4 Å². The van der Waals surface area contributed by atoms with E-state index in [1.54, 1.807) is 34.0 Å². The summed E-state index contributed by atoms with van der Waals surface area (Å²) in [6, 6.07) is -1.15. The topological polar surface area (TPSA) is 205 Å². The first-order valence-electron chi connectivity index (χ1n) is 26.0. The molecule has 0 aromatic rings. The Kier molecular flexibility index (Phi) is 23.8. The predicted octanol–water partition coefficient (Wildman–Crippen LogP) is 6.98. The third-order valence-corrected chi connectivity index (χ3v) is 15.0. The quantitative estimate of drug-likeness (QED) is 0.115. The monoisotopic (exact) mass is 986 g/mol. The summed E-state index contributed by atoms with van der Waals surface area (Å²) in [7, 11) is 3.01. The number of nitrogens with zero attached hydrogens (tertiary/aromatic N) is 1. The Morgan fingerprint density at radius 1 is 0.857 bits per heavy atom. The molecular weight excluding hydrogens is 899 g/mol. The van der Waals surface area contributed by atoms with E-state index in [0.29, 0.717) is 63.4 Å². The lowest BCUT2D eigenvalue weighted by molar-refractivity contribution is -0.266. The lowest BCUT2D eigenvalue weighted by Gasteiger charge is -2.43. The first-order valence-corrected chi connectivity index (χ1v) is 26.0. The van der Waals surface area contributed by atoms with Crippen LogP contribution in [0.1, 0.15) is 139 Å². The van der Waals surface area contributed by atoms with Crippen LogP contribution in [-0.2, 0) is 52.4 Å². The van der Waals surface area contributed by atoms with Gasteiger partial charge in [-0.25, -0.2) is 4.79 Å². The minimum atomic E-state index is -2.44. The van der Waals surface area contributed by atoms with Crippen molar-refractivity contribution in [1.29, 1.82) is 0 Å². The molecule has 3 heterocycles. The number of aliphatic hydroxyl groups excluding tert-OH is 2. The second kappa shape index (κ2) is 28.2. The molecule has 4 rings (SSSR count). The molecule has 3 N–H and O–H groups in total. The molecule has 3 aliphatic heterocycles. The maximum Gasteiger partial charge on any atom is 0.329 e. The van der Waals surface area contributed by atoms with Gasteiger partial charge in [-0.3, -0.25) is 19.2 Å². The third kappa shape index (κ3) is 16.3. The van der Waals surface area contributed by atoms with Crippen molar-refractivity contribution in [3.63, 3.8) is 0 Å². The number of cyclic esters (lactones) is 1. The van der Waals surface area contributed by atoms with Gasteiger partial charge in [0.25, 0.3) is 11.7 Å². The summed E-state index contributed by atoms with van der Waals surface area (Å²) in [6.45, 7) is 16.8. The Bertz CT molecular complexity index is 1860. The highest BCUT2D eigenvalue weighted by molar-refractivity contribution is 6.39. The smallest absolute Gasteiger partial charge is 0.329 e. The van der Waals surface area contributed by atoms with Crippen LogP contribution in [0.15, 0.2) is 47.6 Å². The van der Waals surface area contributed by atoms with Crippen molar-refractivity contribution >= 4 is 29.2 Å². The van der Waals surface area contributed by atoms with E-state index in [2.05, 4.69) is 0 Å². The highest BCUT2D eigenvalue weighted by Crippen LogP contribution is 2.38. The standard InChI is InChI=1S/C55H87NO14/c1-33(2)68-46-31-42-22-20-40(9)55(64,70-42)52(61)53(62)56-24-16-15-19-43(56)54(63)69-47(37(6)29-41-21-23-45(67-26-25-57)48(30-41)65-10)32-44(58)36(5)28-39(8)50(60)51(66-11)49(59)38(7)27-34(3)17-13-12-14-18-35(46)4/h12-14,17-18,28,33-34,36-38,40-43,45-48,50-51,57,60,64H,15-16,19-27,29-32H2,1-11H3/b14-12+,17-13+,35-18+,39-28+/t34-,36-,37-,38-,40-,41?,42+,43+,45-,46-,47?,48-,50-,51+,55-/m1/s1. The number of esters is 1. The van der Waals surface area contributed by atoms with Crippen LogP contribution in [0, 0.1) is 35.5 Å². The summed E-state index contributed by atoms with van der Waals surface area (Å²) in [4.78, 5) is 72.5. The second-order valence-electron chi connectivity index (χ2n) is 21.1. The number of rotatable bonds is 10. The second-order valence-corrected chi connectivity index (χ2v) is 21.1. The largest absolute Gasteiger partial charge is 0.460 e. The molecule has 2 saturated heterocycles. The van der Waals surface area contributed by atoms with Crippen molar-refractivity contribution in [1.82, 2.24) is 4.90 Å². The van der Waals surface area contributed by atoms with Crippen molar-refractivity contribution in [3.05, 3.63) is 47.6 Å². The van der Waals surface area contributed by atoms with Crippen molar-refractivity contribution in [2.45, 2.75) is 200 Å². The minimum absolute atomic E-state index is 0.0114.